The van der Waals surface area contributed by atoms with Crippen LogP contribution in [-0.2, 0) is 6.18 Å². The number of carboxylic acid groups (broad SMARTS) is 1. The molecule has 9 heteroatoms. The molecule has 0 aromatic carbocycles. The van der Waals surface area contributed by atoms with E-state index in [2.05, 4.69) is 20.5 Å². The van der Waals surface area contributed by atoms with Crippen LogP contribution in [0, 0.1) is 0 Å². The van der Waals surface area contributed by atoms with Gasteiger partial charge in [0.05, 0.1) is 11.9 Å². The highest BCUT2D eigenvalue weighted by atomic mass is 19.4. The topological polar surface area (TPSA) is 88.0 Å². The van der Waals surface area contributed by atoms with Gasteiger partial charge in [-0.1, -0.05) is 0 Å². The van der Waals surface area contributed by atoms with Crippen molar-refractivity contribution < 1.29 is 23.1 Å². The highest BCUT2D eigenvalue weighted by Crippen LogP contribution is 2.28. The number of pyridine rings is 1. The van der Waals surface area contributed by atoms with E-state index in [4.69, 9.17) is 5.11 Å². The summed E-state index contributed by atoms with van der Waals surface area (Å²) in [5.74, 6) is -1.03. The molecule has 0 unspecified atom stereocenters. The number of hydrogen-bond acceptors (Lipinski definition) is 5. The van der Waals surface area contributed by atoms with E-state index in [1.54, 1.807) is 0 Å². The first kappa shape index (κ1) is 13.7. The van der Waals surface area contributed by atoms with Gasteiger partial charge in [-0.2, -0.15) is 13.2 Å². The lowest BCUT2D eigenvalue weighted by Crippen LogP contribution is -2.08. The number of halogens is 3. The average Bonchev–Trinajstić information content (AvgIpc) is 2.39. The molecular formula is C11H7F3N4O2. The predicted octanol–water partition coefficient (Wildman–Crippen LogP) is 2.33. The first-order valence-electron chi connectivity index (χ1n) is 5.23. The Morgan fingerprint density at radius 1 is 1.15 bits per heavy atom. The molecule has 0 bridgehead atoms. The molecule has 0 atom stereocenters. The number of nitrogens with zero attached hydrogens (tertiary/aromatic N) is 3. The molecule has 0 amide bonds. The lowest BCUT2D eigenvalue weighted by Gasteiger charge is -2.07. The van der Waals surface area contributed by atoms with Crippen LogP contribution < -0.4 is 5.32 Å². The lowest BCUT2D eigenvalue weighted by atomic mass is 10.3. The van der Waals surface area contributed by atoms with E-state index in [0.717, 1.165) is 12.3 Å². The third-order valence-electron chi connectivity index (χ3n) is 2.21. The Morgan fingerprint density at radius 3 is 2.35 bits per heavy atom. The molecule has 2 aromatic heterocycles. The van der Waals surface area contributed by atoms with Crippen molar-refractivity contribution in [2.45, 2.75) is 6.18 Å². The molecule has 20 heavy (non-hydrogen) atoms. The van der Waals surface area contributed by atoms with Gasteiger partial charge in [0, 0.05) is 0 Å². The second-order valence-corrected chi connectivity index (χ2v) is 3.66. The second-order valence-electron chi connectivity index (χ2n) is 3.66. The van der Waals surface area contributed by atoms with E-state index in [0.29, 0.717) is 0 Å². The van der Waals surface area contributed by atoms with Crippen LogP contribution in [0.4, 0.5) is 24.7 Å². The van der Waals surface area contributed by atoms with E-state index in [-0.39, 0.29) is 17.2 Å². The maximum atomic E-state index is 12.3. The number of alkyl halides is 3. The SMILES string of the molecule is O=C(O)c1ccc(Nc2ccc(C(F)(F)F)nc2)nn1. The molecule has 0 aliphatic heterocycles. The van der Waals surface area contributed by atoms with Crippen molar-refractivity contribution in [1.82, 2.24) is 15.2 Å². The van der Waals surface area contributed by atoms with Gasteiger partial charge in [0.2, 0.25) is 0 Å². The number of carboxylic acids is 1. The van der Waals surface area contributed by atoms with Crippen molar-refractivity contribution in [2.75, 3.05) is 5.32 Å². The van der Waals surface area contributed by atoms with Crippen LogP contribution in [0.1, 0.15) is 16.2 Å². The number of carbonyl (C=O) groups is 1. The molecule has 0 radical (unpaired) electrons. The average molecular weight is 284 g/mol. The standard InChI is InChI=1S/C11H7F3N4O2/c12-11(13,14)8-3-1-6(5-15-8)16-9-4-2-7(10(19)20)17-18-9/h1-5H,(H,16,18)(H,19,20). The summed E-state index contributed by atoms with van der Waals surface area (Å²) in [7, 11) is 0. The summed E-state index contributed by atoms with van der Waals surface area (Å²) in [6, 6.07) is 4.56. The first-order chi connectivity index (χ1) is 9.36. The van der Waals surface area contributed by atoms with Crippen LogP contribution in [0.2, 0.25) is 0 Å². The van der Waals surface area contributed by atoms with E-state index in [1.165, 1.54) is 18.2 Å². The van der Waals surface area contributed by atoms with E-state index >= 15 is 0 Å². The van der Waals surface area contributed by atoms with Gasteiger partial charge in [0.1, 0.15) is 5.69 Å². The van der Waals surface area contributed by atoms with Crippen LogP contribution in [0.25, 0.3) is 0 Å². The van der Waals surface area contributed by atoms with Crippen LogP contribution in [0.3, 0.4) is 0 Å². The molecule has 2 aromatic rings. The summed E-state index contributed by atoms with van der Waals surface area (Å²) in [6.45, 7) is 0. The predicted molar refractivity (Wildman–Crippen MR) is 61.5 cm³/mol. The quantitative estimate of drug-likeness (QED) is 0.899. The highest BCUT2D eigenvalue weighted by molar-refractivity contribution is 5.85. The highest BCUT2D eigenvalue weighted by Gasteiger charge is 2.31. The van der Waals surface area contributed by atoms with Gasteiger partial charge in [0.25, 0.3) is 0 Å². The van der Waals surface area contributed by atoms with Crippen LogP contribution in [-0.4, -0.2) is 26.3 Å². The molecule has 2 rings (SSSR count). The lowest BCUT2D eigenvalue weighted by molar-refractivity contribution is -0.141. The summed E-state index contributed by atoms with van der Waals surface area (Å²) >= 11 is 0. The minimum atomic E-state index is -4.50. The summed E-state index contributed by atoms with van der Waals surface area (Å²) in [6.07, 6.45) is -3.50. The van der Waals surface area contributed by atoms with Gasteiger partial charge in [-0.3, -0.25) is 0 Å². The zero-order valence-corrected chi connectivity index (χ0v) is 9.72. The monoisotopic (exact) mass is 284 g/mol. The van der Waals surface area contributed by atoms with Crippen LogP contribution in [0.5, 0.6) is 0 Å². The molecule has 0 saturated carbocycles. The Morgan fingerprint density at radius 2 is 1.90 bits per heavy atom. The molecule has 0 fully saturated rings. The number of aromatic carboxylic acids is 1. The Balaban J connectivity index is 2.12. The van der Waals surface area contributed by atoms with Crippen LogP contribution in [0.15, 0.2) is 30.5 Å². The second kappa shape index (κ2) is 5.11. The molecule has 104 valence electrons. The Kier molecular flexibility index (Phi) is 3.51. The number of anilines is 2. The molecule has 2 N–H and O–H groups in total. The van der Waals surface area contributed by atoms with Gasteiger partial charge >= 0.3 is 12.1 Å². The number of rotatable bonds is 3. The third kappa shape index (κ3) is 3.19. The number of aromatic nitrogens is 3. The Bertz CT molecular complexity index is 611. The minimum Gasteiger partial charge on any atom is -0.476 e. The normalized spacial score (nSPS) is 11.2. The van der Waals surface area contributed by atoms with E-state index in [1.807, 2.05) is 0 Å². The van der Waals surface area contributed by atoms with Gasteiger partial charge in [-0.15, -0.1) is 10.2 Å². The van der Waals surface area contributed by atoms with Crippen molar-refractivity contribution in [3.63, 3.8) is 0 Å². The minimum absolute atomic E-state index is 0.191. The smallest absolute Gasteiger partial charge is 0.433 e. The molecule has 6 nitrogen and oxygen atoms in total. The number of hydrogen-bond donors (Lipinski definition) is 2. The van der Waals surface area contributed by atoms with E-state index in [9.17, 15) is 18.0 Å². The third-order valence-corrected chi connectivity index (χ3v) is 2.21. The van der Waals surface area contributed by atoms with Gasteiger partial charge < -0.3 is 10.4 Å². The zero-order chi connectivity index (χ0) is 14.8. The Hall–Kier alpha value is -2.71. The fourth-order valence-electron chi connectivity index (χ4n) is 1.30. The molecule has 0 aliphatic carbocycles. The summed E-state index contributed by atoms with van der Waals surface area (Å²) in [5.41, 5.74) is -0.966. The first-order valence-corrected chi connectivity index (χ1v) is 5.23. The van der Waals surface area contributed by atoms with Crippen molar-refractivity contribution in [3.8, 4) is 0 Å². The molecule has 0 aliphatic rings. The fraction of sp³-hybridized carbons (Fsp3) is 0.0909. The summed E-state index contributed by atoms with van der Waals surface area (Å²) < 4.78 is 36.9. The maximum Gasteiger partial charge on any atom is 0.433 e. The van der Waals surface area contributed by atoms with E-state index < -0.39 is 17.8 Å². The fourth-order valence-corrected chi connectivity index (χ4v) is 1.30. The van der Waals surface area contributed by atoms with Gasteiger partial charge in [-0.25, -0.2) is 9.78 Å². The largest absolute Gasteiger partial charge is 0.476 e. The van der Waals surface area contributed by atoms with Crippen LogP contribution >= 0.6 is 0 Å². The zero-order valence-electron chi connectivity index (χ0n) is 9.72. The summed E-state index contributed by atoms with van der Waals surface area (Å²) in [4.78, 5) is 13.8. The van der Waals surface area contributed by atoms with Crippen molar-refractivity contribution >= 4 is 17.5 Å². The maximum absolute atomic E-state index is 12.3. The number of nitrogens with one attached hydrogen (secondary N) is 1. The summed E-state index contributed by atoms with van der Waals surface area (Å²) in [5, 5.41) is 18.3. The molecule has 0 spiro atoms. The molecule has 2 heterocycles. The molecule has 0 saturated heterocycles. The van der Waals surface area contributed by atoms with Crippen molar-refractivity contribution in [2.24, 2.45) is 0 Å². The van der Waals surface area contributed by atoms with Gasteiger partial charge in [-0.05, 0) is 24.3 Å². The van der Waals surface area contributed by atoms with Crippen molar-refractivity contribution in [1.29, 1.82) is 0 Å². The van der Waals surface area contributed by atoms with Gasteiger partial charge in [0.15, 0.2) is 11.5 Å². The molecular weight excluding hydrogens is 277 g/mol. The van der Waals surface area contributed by atoms with Crippen molar-refractivity contribution in [3.05, 3.63) is 41.9 Å². The Labute approximate surface area is 110 Å².